The van der Waals surface area contributed by atoms with Crippen molar-refractivity contribution < 1.29 is 14.2 Å². The molecule has 1 N–H and O–H groups in total. The van der Waals surface area contributed by atoms with Gasteiger partial charge in [0.15, 0.2) is 11.5 Å². The Kier molecular flexibility index (Phi) is 4.38. The molecule has 1 aliphatic heterocycles. The van der Waals surface area contributed by atoms with E-state index in [0.29, 0.717) is 20.0 Å². The van der Waals surface area contributed by atoms with Crippen LogP contribution in [0.3, 0.4) is 0 Å². The Labute approximate surface area is 124 Å². The Morgan fingerprint density at radius 2 is 1.57 bits per heavy atom. The lowest BCUT2D eigenvalue weighted by Gasteiger charge is -2.07. The summed E-state index contributed by atoms with van der Waals surface area (Å²) in [5.41, 5.74) is 3.54. The second-order valence-electron chi connectivity index (χ2n) is 5.03. The van der Waals surface area contributed by atoms with Gasteiger partial charge in [-0.1, -0.05) is 30.3 Å². The molecular weight excluding hydrogens is 266 g/mol. The first-order valence-corrected chi connectivity index (χ1v) is 7.04. The maximum absolute atomic E-state index is 5.75. The van der Waals surface area contributed by atoms with Crippen molar-refractivity contribution in [2.45, 2.75) is 19.8 Å². The average Bonchev–Trinajstić information content (AvgIpc) is 2.97. The van der Waals surface area contributed by atoms with E-state index in [1.165, 1.54) is 11.1 Å². The van der Waals surface area contributed by atoms with Gasteiger partial charge in [-0.05, 0) is 35.9 Å². The van der Waals surface area contributed by atoms with Gasteiger partial charge in [0.05, 0.1) is 13.2 Å². The second-order valence-corrected chi connectivity index (χ2v) is 5.03. The lowest BCUT2D eigenvalue weighted by atomic mass is 10.1. The third-order valence-electron chi connectivity index (χ3n) is 3.38. The molecule has 0 unspecified atom stereocenters. The molecule has 0 bridgehead atoms. The van der Waals surface area contributed by atoms with Gasteiger partial charge in [-0.2, -0.15) is 0 Å². The molecule has 0 amide bonds. The molecule has 1 aliphatic rings. The van der Waals surface area contributed by atoms with Crippen LogP contribution in [0.1, 0.15) is 16.7 Å². The molecular formula is C17H19NO3. The van der Waals surface area contributed by atoms with Crippen molar-refractivity contribution in [1.82, 2.24) is 5.32 Å². The smallest absolute Gasteiger partial charge is 0.231 e. The summed E-state index contributed by atoms with van der Waals surface area (Å²) < 4.78 is 16.4. The van der Waals surface area contributed by atoms with E-state index in [9.17, 15) is 0 Å². The van der Waals surface area contributed by atoms with E-state index in [1.807, 2.05) is 25.2 Å². The molecule has 2 aromatic carbocycles. The number of rotatable bonds is 6. The van der Waals surface area contributed by atoms with Crippen LogP contribution < -0.4 is 14.8 Å². The highest BCUT2D eigenvalue weighted by Gasteiger charge is 2.12. The quantitative estimate of drug-likeness (QED) is 0.886. The molecule has 110 valence electrons. The minimum Gasteiger partial charge on any atom is -0.454 e. The Balaban J connectivity index is 1.51. The van der Waals surface area contributed by atoms with Crippen molar-refractivity contribution in [2.75, 3.05) is 13.8 Å². The van der Waals surface area contributed by atoms with Crippen LogP contribution in [-0.4, -0.2) is 13.8 Å². The SMILES string of the molecule is CNCc1ccc(COCc2ccc3c(c2)OCO3)cc1. The first kappa shape index (κ1) is 13.9. The normalized spacial score (nSPS) is 12.6. The van der Waals surface area contributed by atoms with Gasteiger partial charge in [-0.3, -0.25) is 0 Å². The summed E-state index contributed by atoms with van der Waals surface area (Å²) >= 11 is 0. The summed E-state index contributed by atoms with van der Waals surface area (Å²) in [6.45, 7) is 2.36. The molecule has 1 heterocycles. The lowest BCUT2D eigenvalue weighted by Crippen LogP contribution is -2.04. The van der Waals surface area contributed by atoms with Gasteiger partial charge in [0.1, 0.15) is 0 Å². The van der Waals surface area contributed by atoms with Gasteiger partial charge in [0, 0.05) is 6.54 Å². The monoisotopic (exact) mass is 285 g/mol. The molecule has 4 heteroatoms. The predicted octanol–water partition coefficient (Wildman–Crippen LogP) is 2.85. The molecule has 21 heavy (non-hydrogen) atoms. The number of benzene rings is 2. The van der Waals surface area contributed by atoms with E-state index >= 15 is 0 Å². The molecule has 0 spiro atoms. The first-order valence-electron chi connectivity index (χ1n) is 7.04. The Hall–Kier alpha value is -2.04. The average molecular weight is 285 g/mol. The van der Waals surface area contributed by atoms with E-state index in [1.54, 1.807) is 0 Å². The fourth-order valence-electron chi connectivity index (χ4n) is 2.27. The van der Waals surface area contributed by atoms with Crippen LogP contribution in [0.5, 0.6) is 11.5 Å². The number of hydrogen-bond donors (Lipinski definition) is 1. The zero-order chi connectivity index (χ0) is 14.5. The number of fused-ring (bicyclic) bond motifs is 1. The van der Waals surface area contributed by atoms with E-state index in [2.05, 4.69) is 29.6 Å². The highest BCUT2D eigenvalue weighted by molar-refractivity contribution is 5.44. The van der Waals surface area contributed by atoms with Crippen LogP contribution in [-0.2, 0) is 24.5 Å². The maximum atomic E-state index is 5.75. The van der Waals surface area contributed by atoms with E-state index in [-0.39, 0.29) is 0 Å². The molecule has 0 atom stereocenters. The fraction of sp³-hybridized carbons (Fsp3) is 0.294. The summed E-state index contributed by atoms with van der Waals surface area (Å²) in [6.07, 6.45) is 0. The minimum atomic E-state index is 0.304. The Morgan fingerprint density at radius 1 is 0.905 bits per heavy atom. The third kappa shape index (κ3) is 3.54. The van der Waals surface area contributed by atoms with Crippen molar-refractivity contribution >= 4 is 0 Å². The summed E-state index contributed by atoms with van der Waals surface area (Å²) in [5, 5.41) is 3.14. The lowest BCUT2D eigenvalue weighted by molar-refractivity contribution is 0.107. The van der Waals surface area contributed by atoms with E-state index < -0.39 is 0 Å². The molecule has 0 radical (unpaired) electrons. The summed E-state index contributed by atoms with van der Waals surface area (Å²) in [6, 6.07) is 14.3. The van der Waals surface area contributed by atoms with Crippen molar-refractivity contribution in [2.24, 2.45) is 0 Å². The van der Waals surface area contributed by atoms with Crippen LogP contribution >= 0.6 is 0 Å². The molecule has 0 fully saturated rings. The van der Waals surface area contributed by atoms with Crippen molar-refractivity contribution in [1.29, 1.82) is 0 Å². The zero-order valence-corrected chi connectivity index (χ0v) is 12.1. The predicted molar refractivity (Wildman–Crippen MR) is 80.3 cm³/mol. The molecule has 0 saturated heterocycles. The number of ether oxygens (including phenoxy) is 3. The van der Waals surface area contributed by atoms with Crippen molar-refractivity contribution in [3.05, 3.63) is 59.2 Å². The van der Waals surface area contributed by atoms with Gasteiger partial charge in [0.25, 0.3) is 0 Å². The second kappa shape index (κ2) is 6.61. The number of hydrogen-bond acceptors (Lipinski definition) is 4. The molecule has 2 aromatic rings. The summed E-state index contributed by atoms with van der Waals surface area (Å²) in [5.74, 6) is 1.60. The van der Waals surface area contributed by atoms with E-state index in [0.717, 1.165) is 23.6 Å². The molecule has 0 aliphatic carbocycles. The summed E-state index contributed by atoms with van der Waals surface area (Å²) in [7, 11) is 1.95. The fourth-order valence-corrected chi connectivity index (χ4v) is 2.27. The van der Waals surface area contributed by atoms with Crippen LogP contribution in [0.4, 0.5) is 0 Å². The highest BCUT2D eigenvalue weighted by atomic mass is 16.7. The third-order valence-corrected chi connectivity index (χ3v) is 3.38. The van der Waals surface area contributed by atoms with Crippen LogP contribution in [0.25, 0.3) is 0 Å². The van der Waals surface area contributed by atoms with Gasteiger partial charge in [-0.15, -0.1) is 0 Å². The summed E-state index contributed by atoms with van der Waals surface area (Å²) in [4.78, 5) is 0. The van der Waals surface area contributed by atoms with Crippen molar-refractivity contribution in [3.8, 4) is 11.5 Å². The van der Waals surface area contributed by atoms with Crippen LogP contribution in [0.15, 0.2) is 42.5 Å². The van der Waals surface area contributed by atoms with Gasteiger partial charge < -0.3 is 19.5 Å². The Bertz CT molecular complexity index is 595. The molecule has 0 saturated carbocycles. The molecule has 0 aromatic heterocycles. The minimum absolute atomic E-state index is 0.304. The topological polar surface area (TPSA) is 39.7 Å². The largest absolute Gasteiger partial charge is 0.454 e. The number of nitrogens with one attached hydrogen (secondary N) is 1. The van der Waals surface area contributed by atoms with Gasteiger partial charge in [-0.25, -0.2) is 0 Å². The van der Waals surface area contributed by atoms with Crippen LogP contribution in [0, 0.1) is 0 Å². The highest BCUT2D eigenvalue weighted by Crippen LogP contribution is 2.32. The van der Waals surface area contributed by atoms with Gasteiger partial charge >= 0.3 is 0 Å². The zero-order valence-electron chi connectivity index (χ0n) is 12.1. The van der Waals surface area contributed by atoms with Crippen molar-refractivity contribution in [3.63, 3.8) is 0 Å². The van der Waals surface area contributed by atoms with Gasteiger partial charge in [0.2, 0.25) is 6.79 Å². The maximum Gasteiger partial charge on any atom is 0.231 e. The molecule has 4 nitrogen and oxygen atoms in total. The Morgan fingerprint density at radius 3 is 2.38 bits per heavy atom. The van der Waals surface area contributed by atoms with E-state index in [4.69, 9.17) is 14.2 Å². The standard InChI is InChI=1S/C17H19NO3/c1-18-9-13-2-4-14(5-3-13)10-19-11-15-6-7-16-17(8-15)21-12-20-16/h2-8,18H,9-12H2,1H3. The molecule has 3 rings (SSSR count). The first-order chi connectivity index (χ1) is 10.3. The van der Waals surface area contributed by atoms with Crippen LogP contribution in [0.2, 0.25) is 0 Å².